The first-order valence-corrected chi connectivity index (χ1v) is 10.4. The van der Waals surface area contributed by atoms with Crippen LogP contribution in [0.3, 0.4) is 0 Å². The smallest absolute Gasteiger partial charge is 0.263 e. The second kappa shape index (κ2) is 9.01. The van der Waals surface area contributed by atoms with Crippen LogP contribution < -0.4 is 10.6 Å². The van der Waals surface area contributed by atoms with Gasteiger partial charge in [0, 0.05) is 11.3 Å². The van der Waals surface area contributed by atoms with Gasteiger partial charge in [0.2, 0.25) is 5.91 Å². The lowest BCUT2D eigenvalue weighted by Gasteiger charge is -2.10. The van der Waals surface area contributed by atoms with Crippen molar-refractivity contribution < 1.29 is 9.59 Å². The topological polar surface area (TPSA) is 71.1 Å². The van der Waals surface area contributed by atoms with E-state index < -0.39 is 0 Å². The summed E-state index contributed by atoms with van der Waals surface area (Å²) in [5.41, 5.74) is 5.79. The maximum Gasteiger partial charge on any atom is 0.263 e. The normalized spacial score (nSPS) is 10.6. The van der Waals surface area contributed by atoms with Crippen molar-refractivity contribution in [3.8, 4) is 10.6 Å². The highest BCUT2D eigenvalue weighted by molar-refractivity contribution is 7.17. The van der Waals surface area contributed by atoms with E-state index >= 15 is 0 Å². The van der Waals surface area contributed by atoms with Gasteiger partial charge in [0.05, 0.1) is 12.2 Å². The van der Waals surface area contributed by atoms with Gasteiger partial charge >= 0.3 is 0 Å². The molecule has 0 fully saturated rings. The zero-order chi connectivity index (χ0) is 21.0. The maximum absolute atomic E-state index is 12.6. The lowest BCUT2D eigenvalue weighted by Crippen LogP contribution is -2.32. The average Bonchev–Trinajstić information content (AvgIpc) is 3.11. The van der Waals surface area contributed by atoms with Crippen molar-refractivity contribution in [2.75, 3.05) is 11.9 Å². The monoisotopic (exact) mass is 407 g/mol. The fourth-order valence-corrected chi connectivity index (χ4v) is 3.92. The molecule has 3 rings (SSSR count). The molecular weight excluding hydrogens is 382 g/mol. The lowest BCUT2D eigenvalue weighted by atomic mass is 10.1. The molecule has 0 bridgehead atoms. The number of hydrogen-bond acceptors (Lipinski definition) is 4. The van der Waals surface area contributed by atoms with Gasteiger partial charge < -0.3 is 10.6 Å². The van der Waals surface area contributed by atoms with Crippen molar-refractivity contribution in [1.82, 2.24) is 10.3 Å². The number of aromatic nitrogens is 1. The fourth-order valence-electron chi connectivity index (χ4n) is 2.94. The highest BCUT2D eigenvalue weighted by atomic mass is 32.1. The van der Waals surface area contributed by atoms with Crippen LogP contribution in [0.25, 0.3) is 10.6 Å². The number of thiazole rings is 1. The number of aryl methyl sites for hydroxylation is 3. The molecule has 0 saturated carbocycles. The van der Waals surface area contributed by atoms with Gasteiger partial charge in [-0.05, 0) is 49.9 Å². The van der Waals surface area contributed by atoms with Gasteiger partial charge in [-0.25, -0.2) is 4.98 Å². The van der Waals surface area contributed by atoms with Crippen LogP contribution in [-0.2, 0) is 11.2 Å². The third-order valence-corrected chi connectivity index (χ3v) is 6.11. The van der Waals surface area contributed by atoms with Crippen LogP contribution in [0.15, 0.2) is 42.5 Å². The van der Waals surface area contributed by atoms with Crippen molar-refractivity contribution in [1.29, 1.82) is 0 Å². The number of rotatable bonds is 6. The molecule has 2 aromatic carbocycles. The van der Waals surface area contributed by atoms with Crippen molar-refractivity contribution in [2.24, 2.45) is 0 Å². The Hall–Kier alpha value is -2.99. The maximum atomic E-state index is 12.6. The Balaban J connectivity index is 1.64. The summed E-state index contributed by atoms with van der Waals surface area (Å²) in [5, 5.41) is 6.35. The van der Waals surface area contributed by atoms with E-state index in [0.717, 1.165) is 33.8 Å². The molecule has 0 aliphatic heterocycles. The van der Waals surface area contributed by atoms with E-state index in [1.54, 1.807) is 0 Å². The van der Waals surface area contributed by atoms with Gasteiger partial charge in [0.15, 0.2) is 0 Å². The molecule has 1 heterocycles. The van der Waals surface area contributed by atoms with E-state index in [1.807, 2.05) is 51.1 Å². The standard InChI is InChI=1S/C23H25N3O2S/c1-5-17-9-11-18(12-10-17)23-25-16(4)21(29-23)22(28)24-13-20(27)26-19-8-6-7-14(2)15(19)3/h6-12H,5,13H2,1-4H3,(H,24,28)(H,26,27). The van der Waals surface area contributed by atoms with Crippen molar-refractivity contribution >= 4 is 28.8 Å². The summed E-state index contributed by atoms with van der Waals surface area (Å²) in [5.74, 6) is -0.544. The number of amides is 2. The van der Waals surface area contributed by atoms with E-state index in [2.05, 4.69) is 34.7 Å². The predicted octanol–water partition coefficient (Wildman–Crippen LogP) is 4.67. The molecule has 3 aromatic rings. The molecule has 6 heteroatoms. The first-order chi connectivity index (χ1) is 13.9. The number of benzene rings is 2. The summed E-state index contributed by atoms with van der Waals surface area (Å²) in [6, 6.07) is 13.9. The van der Waals surface area contributed by atoms with Crippen LogP contribution in [0, 0.1) is 20.8 Å². The lowest BCUT2D eigenvalue weighted by molar-refractivity contribution is -0.115. The Morgan fingerprint density at radius 2 is 1.76 bits per heavy atom. The number of nitrogens with one attached hydrogen (secondary N) is 2. The van der Waals surface area contributed by atoms with Crippen LogP contribution in [0.2, 0.25) is 0 Å². The number of carbonyl (C=O) groups is 2. The summed E-state index contributed by atoms with van der Waals surface area (Å²) in [6.45, 7) is 7.78. The number of nitrogens with zero attached hydrogens (tertiary/aromatic N) is 1. The minimum atomic E-state index is -0.285. The highest BCUT2D eigenvalue weighted by Gasteiger charge is 2.17. The predicted molar refractivity (Wildman–Crippen MR) is 119 cm³/mol. The second-order valence-corrected chi connectivity index (χ2v) is 7.96. The molecule has 0 unspecified atom stereocenters. The van der Waals surface area contributed by atoms with E-state index in [9.17, 15) is 9.59 Å². The van der Waals surface area contributed by atoms with Gasteiger partial charge in [-0.3, -0.25) is 9.59 Å². The van der Waals surface area contributed by atoms with Crippen LogP contribution in [0.4, 0.5) is 5.69 Å². The van der Waals surface area contributed by atoms with Crippen LogP contribution >= 0.6 is 11.3 Å². The van der Waals surface area contributed by atoms with Gasteiger partial charge in [-0.2, -0.15) is 0 Å². The molecule has 150 valence electrons. The average molecular weight is 408 g/mol. The van der Waals surface area contributed by atoms with E-state index in [1.165, 1.54) is 16.9 Å². The number of carbonyl (C=O) groups excluding carboxylic acids is 2. The molecule has 29 heavy (non-hydrogen) atoms. The molecule has 5 nitrogen and oxygen atoms in total. The third-order valence-electron chi connectivity index (χ3n) is 4.90. The zero-order valence-electron chi connectivity index (χ0n) is 17.1. The summed E-state index contributed by atoms with van der Waals surface area (Å²) >= 11 is 1.34. The van der Waals surface area contributed by atoms with Crippen LogP contribution in [0.1, 0.15) is 39.0 Å². The molecule has 0 spiro atoms. The zero-order valence-corrected chi connectivity index (χ0v) is 17.9. The van der Waals surface area contributed by atoms with E-state index in [-0.39, 0.29) is 18.4 Å². The fraction of sp³-hybridized carbons (Fsp3) is 0.261. The van der Waals surface area contributed by atoms with Gasteiger partial charge in [-0.1, -0.05) is 43.3 Å². The molecule has 0 aliphatic carbocycles. The number of anilines is 1. The van der Waals surface area contributed by atoms with Crippen molar-refractivity contribution in [2.45, 2.75) is 34.1 Å². The Labute approximate surface area is 175 Å². The quantitative estimate of drug-likeness (QED) is 0.624. The van der Waals surface area contributed by atoms with Crippen molar-refractivity contribution in [3.05, 3.63) is 69.7 Å². The molecule has 2 N–H and O–H groups in total. The van der Waals surface area contributed by atoms with E-state index in [4.69, 9.17) is 0 Å². The molecule has 1 aromatic heterocycles. The Morgan fingerprint density at radius 3 is 2.45 bits per heavy atom. The van der Waals surface area contributed by atoms with Crippen LogP contribution in [0.5, 0.6) is 0 Å². The molecule has 0 saturated heterocycles. The molecule has 2 amide bonds. The minimum Gasteiger partial charge on any atom is -0.342 e. The van der Waals surface area contributed by atoms with Gasteiger partial charge in [0.25, 0.3) is 5.91 Å². The van der Waals surface area contributed by atoms with Crippen LogP contribution in [-0.4, -0.2) is 23.3 Å². The first-order valence-electron chi connectivity index (χ1n) is 9.60. The van der Waals surface area contributed by atoms with Crippen molar-refractivity contribution in [3.63, 3.8) is 0 Å². The molecular formula is C23H25N3O2S. The Morgan fingerprint density at radius 1 is 1.03 bits per heavy atom. The SMILES string of the molecule is CCc1ccc(-c2nc(C)c(C(=O)NCC(=O)Nc3cccc(C)c3C)s2)cc1. The molecule has 0 radical (unpaired) electrons. The summed E-state index contributed by atoms with van der Waals surface area (Å²) in [7, 11) is 0. The second-order valence-electron chi connectivity index (χ2n) is 6.96. The largest absolute Gasteiger partial charge is 0.342 e. The summed E-state index contributed by atoms with van der Waals surface area (Å²) in [4.78, 5) is 29.9. The highest BCUT2D eigenvalue weighted by Crippen LogP contribution is 2.28. The Bertz CT molecular complexity index is 1040. The Kier molecular flexibility index (Phi) is 6.44. The summed E-state index contributed by atoms with van der Waals surface area (Å²) in [6.07, 6.45) is 0.981. The molecule has 0 atom stereocenters. The summed E-state index contributed by atoms with van der Waals surface area (Å²) < 4.78 is 0. The minimum absolute atomic E-state index is 0.0932. The van der Waals surface area contributed by atoms with Gasteiger partial charge in [0.1, 0.15) is 9.88 Å². The third kappa shape index (κ3) is 4.90. The first kappa shape index (κ1) is 20.7. The van der Waals surface area contributed by atoms with Gasteiger partial charge in [-0.15, -0.1) is 11.3 Å². The van der Waals surface area contributed by atoms with E-state index in [0.29, 0.717) is 10.6 Å². The molecule has 0 aliphatic rings. The number of hydrogen-bond donors (Lipinski definition) is 2.